The third-order valence-corrected chi connectivity index (χ3v) is 4.72. The predicted molar refractivity (Wildman–Crippen MR) is 105 cm³/mol. The monoisotopic (exact) mass is 340 g/mol. The molecule has 0 aliphatic carbocycles. The van der Waals surface area contributed by atoms with Gasteiger partial charge in [-0.25, -0.2) is 0 Å². The Morgan fingerprint density at radius 3 is 2.24 bits per heavy atom. The first-order valence-electron chi connectivity index (χ1n) is 9.25. The molecule has 0 saturated carbocycles. The van der Waals surface area contributed by atoms with Gasteiger partial charge in [0, 0.05) is 6.61 Å². The van der Waals surface area contributed by atoms with Gasteiger partial charge in [-0.15, -0.1) is 0 Å². The van der Waals surface area contributed by atoms with Gasteiger partial charge in [0.1, 0.15) is 12.4 Å². The lowest BCUT2D eigenvalue weighted by molar-refractivity contribution is 0.260. The molecule has 1 unspecified atom stereocenters. The van der Waals surface area contributed by atoms with E-state index in [9.17, 15) is 5.11 Å². The summed E-state index contributed by atoms with van der Waals surface area (Å²) < 4.78 is 6.24. The molecular weight excluding hydrogens is 308 g/mol. The van der Waals surface area contributed by atoms with Crippen LogP contribution in [-0.2, 0) is 12.0 Å². The maximum Gasteiger partial charge on any atom is 0.123 e. The highest BCUT2D eigenvalue weighted by Crippen LogP contribution is 2.37. The SMILES string of the molecule is CC(C)C(CCO)c1ccc(C(C)(C)C)c(OCc2ccccc2)c1. The van der Waals surface area contributed by atoms with Gasteiger partial charge >= 0.3 is 0 Å². The second kappa shape index (κ2) is 8.53. The fraction of sp³-hybridized carbons (Fsp3) is 0.478. The Hall–Kier alpha value is -1.80. The molecule has 0 aliphatic heterocycles. The van der Waals surface area contributed by atoms with Crippen molar-refractivity contribution in [3.8, 4) is 5.75 Å². The van der Waals surface area contributed by atoms with Crippen molar-refractivity contribution in [2.24, 2.45) is 5.92 Å². The molecule has 2 rings (SSSR count). The zero-order chi connectivity index (χ0) is 18.4. The molecule has 0 aliphatic rings. The van der Waals surface area contributed by atoms with E-state index in [1.54, 1.807) is 0 Å². The van der Waals surface area contributed by atoms with Crippen molar-refractivity contribution >= 4 is 0 Å². The minimum absolute atomic E-state index is 0.0227. The van der Waals surface area contributed by atoms with E-state index in [0.717, 1.165) is 12.2 Å². The van der Waals surface area contributed by atoms with Gasteiger partial charge in [0.2, 0.25) is 0 Å². The summed E-state index contributed by atoms with van der Waals surface area (Å²) in [6.45, 7) is 11.8. The molecule has 0 spiro atoms. The minimum atomic E-state index is 0.0227. The average molecular weight is 341 g/mol. The first-order valence-corrected chi connectivity index (χ1v) is 9.25. The van der Waals surface area contributed by atoms with E-state index in [2.05, 4.69) is 65.0 Å². The molecule has 2 nitrogen and oxygen atoms in total. The standard InChI is InChI=1S/C23H32O2/c1-17(2)20(13-14-24)19-11-12-21(23(3,4)5)22(15-19)25-16-18-9-7-6-8-10-18/h6-12,15,17,20,24H,13-14,16H2,1-5H3. The first kappa shape index (κ1) is 19.5. The lowest BCUT2D eigenvalue weighted by Gasteiger charge is -2.26. The number of ether oxygens (including phenoxy) is 1. The highest BCUT2D eigenvalue weighted by Gasteiger charge is 2.22. The van der Waals surface area contributed by atoms with Crippen LogP contribution in [0, 0.1) is 5.92 Å². The topological polar surface area (TPSA) is 29.5 Å². The molecule has 136 valence electrons. The van der Waals surface area contributed by atoms with E-state index in [4.69, 9.17) is 4.74 Å². The zero-order valence-electron chi connectivity index (χ0n) is 16.3. The van der Waals surface area contributed by atoms with Gasteiger partial charge < -0.3 is 9.84 Å². The van der Waals surface area contributed by atoms with Crippen molar-refractivity contribution in [2.75, 3.05) is 6.61 Å². The highest BCUT2D eigenvalue weighted by atomic mass is 16.5. The molecule has 2 aromatic rings. The zero-order valence-corrected chi connectivity index (χ0v) is 16.3. The molecule has 0 saturated heterocycles. The Morgan fingerprint density at radius 2 is 1.68 bits per heavy atom. The van der Waals surface area contributed by atoms with E-state index in [0.29, 0.717) is 18.4 Å². The summed E-state index contributed by atoms with van der Waals surface area (Å²) >= 11 is 0. The molecular formula is C23H32O2. The molecule has 0 bridgehead atoms. The maximum atomic E-state index is 9.42. The molecule has 2 aromatic carbocycles. The molecule has 0 radical (unpaired) electrons. The van der Waals surface area contributed by atoms with Gasteiger partial charge in [-0.2, -0.15) is 0 Å². The van der Waals surface area contributed by atoms with Crippen LogP contribution in [0.25, 0.3) is 0 Å². The van der Waals surface area contributed by atoms with Crippen LogP contribution >= 0.6 is 0 Å². The Balaban J connectivity index is 2.33. The fourth-order valence-electron chi connectivity index (χ4n) is 3.27. The number of aliphatic hydroxyl groups excluding tert-OH is 1. The van der Waals surface area contributed by atoms with Crippen LogP contribution in [0.3, 0.4) is 0 Å². The van der Waals surface area contributed by atoms with E-state index in [1.807, 2.05) is 18.2 Å². The van der Waals surface area contributed by atoms with Crippen molar-refractivity contribution in [3.63, 3.8) is 0 Å². The van der Waals surface area contributed by atoms with Crippen molar-refractivity contribution in [2.45, 2.75) is 59.0 Å². The largest absolute Gasteiger partial charge is 0.489 e. The lowest BCUT2D eigenvalue weighted by atomic mass is 9.81. The van der Waals surface area contributed by atoms with E-state index in [-0.39, 0.29) is 12.0 Å². The minimum Gasteiger partial charge on any atom is -0.489 e. The van der Waals surface area contributed by atoms with Crippen LogP contribution in [0.5, 0.6) is 5.75 Å². The second-order valence-corrected chi connectivity index (χ2v) is 8.14. The summed E-state index contributed by atoms with van der Waals surface area (Å²) in [6, 6.07) is 16.9. The average Bonchev–Trinajstić information content (AvgIpc) is 2.57. The van der Waals surface area contributed by atoms with Gasteiger partial charge in [-0.05, 0) is 46.4 Å². The summed E-state index contributed by atoms with van der Waals surface area (Å²) in [5.74, 6) is 1.78. The Labute approximate surface area is 152 Å². The third-order valence-electron chi connectivity index (χ3n) is 4.72. The molecule has 0 fully saturated rings. The summed E-state index contributed by atoms with van der Waals surface area (Å²) in [7, 11) is 0. The number of hydrogen-bond acceptors (Lipinski definition) is 2. The first-order chi connectivity index (χ1) is 11.8. The number of aliphatic hydroxyl groups is 1. The van der Waals surface area contributed by atoms with E-state index in [1.165, 1.54) is 16.7 Å². The summed E-state index contributed by atoms with van der Waals surface area (Å²) in [5.41, 5.74) is 3.66. The molecule has 1 atom stereocenters. The normalized spacial score (nSPS) is 13.1. The molecule has 0 heterocycles. The van der Waals surface area contributed by atoms with Crippen molar-refractivity contribution in [1.82, 2.24) is 0 Å². The van der Waals surface area contributed by atoms with Crippen molar-refractivity contribution < 1.29 is 9.84 Å². The summed E-state index contributed by atoms with van der Waals surface area (Å²) in [4.78, 5) is 0. The van der Waals surface area contributed by atoms with Crippen LogP contribution in [0.1, 0.15) is 63.6 Å². The molecule has 0 aromatic heterocycles. The second-order valence-electron chi connectivity index (χ2n) is 8.14. The Morgan fingerprint density at radius 1 is 1.00 bits per heavy atom. The number of hydrogen-bond donors (Lipinski definition) is 1. The summed E-state index contributed by atoms with van der Waals surface area (Å²) in [5, 5.41) is 9.42. The fourth-order valence-corrected chi connectivity index (χ4v) is 3.27. The van der Waals surface area contributed by atoms with Gasteiger partial charge in [0.15, 0.2) is 0 Å². The van der Waals surface area contributed by atoms with Gasteiger partial charge in [0.05, 0.1) is 0 Å². The Bertz CT molecular complexity index is 654. The van der Waals surface area contributed by atoms with Crippen LogP contribution in [0.2, 0.25) is 0 Å². The van der Waals surface area contributed by atoms with Crippen molar-refractivity contribution in [3.05, 3.63) is 65.2 Å². The quantitative estimate of drug-likeness (QED) is 0.702. The molecule has 25 heavy (non-hydrogen) atoms. The highest BCUT2D eigenvalue weighted by molar-refractivity contribution is 5.43. The smallest absolute Gasteiger partial charge is 0.123 e. The third kappa shape index (κ3) is 5.34. The van der Waals surface area contributed by atoms with Crippen LogP contribution in [-0.4, -0.2) is 11.7 Å². The van der Waals surface area contributed by atoms with Crippen molar-refractivity contribution in [1.29, 1.82) is 0 Å². The van der Waals surface area contributed by atoms with Crippen LogP contribution in [0.4, 0.5) is 0 Å². The number of rotatable bonds is 7. The van der Waals surface area contributed by atoms with Gasteiger partial charge in [0.25, 0.3) is 0 Å². The van der Waals surface area contributed by atoms with Gasteiger partial charge in [-0.1, -0.05) is 77.1 Å². The number of benzene rings is 2. The summed E-state index contributed by atoms with van der Waals surface area (Å²) in [6.07, 6.45) is 0.782. The van der Waals surface area contributed by atoms with Crippen LogP contribution in [0.15, 0.2) is 48.5 Å². The Kier molecular flexibility index (Phi) is 6.66. The predicted octanol–water partition coefficient (Wildman–Crippen LogP) is 5.69. The molecule has 2 heteroatoms. The molecule has 0 amide bonds. The van der Waals surface area contributed by atoms with Crippen LogP contribution < -0.4 is 4.74 Å². The van der Waals surface area contributed by atoms with Gasteiger partial charge in [-0.3, -0.25) is 0 Å². The maximum absolute atomic E-state index is 9.42. The van der Waals surface area contributed by atoms with E-state index < -0.39 is 0 Å². The molecule has 1 N–H and O–H groups in total. The van der Waals surface area contributed by atoms with E-state index >= 15 is 0 Å². The lowest BCUT2D eigenvalue weighted by Crippen LogP contribution is -2.15.